The highest BCUT2D eigenvalue weighted by Crippen LogP contribution is 2.41. The molecule has 1 heterocycles. The summed E-state index contributed by atoms with van der Waals surface area (Å²) in [7, 11) is 0. The van der Waals surface area contributed by atoms with Crippen LogP contribution in [-0.2, 0) is 14.3 Å². The maximum Gasteiger partial charge on any atom is 0.311 e. The second kappa shape index (κ2) is 3.27. The summed E-state index contributed by atoms with van der Waals surface area (Å²) in [5.74, 6) is -0.324. The Kier molecular flexibility index (Phi) is 2.26. The molecular formula is C9H14O4. The Hall–Kier alpha value is -0.610. The van der Waals surface area contributed by atoms with Gasteiger partial charge in [0.25, 0.3) is 0 Å². The number of epoxide rings is 1. The lowest BCUT2D eigenvalue weighted by Crippen LogP contribution is -2.33. The first-order valence-electron chi connectivity index (χ1n) is 4.74. The summed E-state index contributed by atoms with van der Waals surface area (Å²) in [6, 6.07) is 0. The van der Waals surface area contributed by atoms with Gasteiger partial charge in [0.15, 0.2) is 0 Å². The minimum absolute atomic E-state index is 0.0807. The van der Waals surface area contributed by atoms with Gasteiger partial charge in [0.05, 0.1) is 18.6 Å². The van der Waals surface area contributed by atoms with E-state index in [1.54, 1.807) is 6.92 Å². The standard InChI is InChI=1S/C9H14O4/c1-2-12-9(11)5-3-4-6(10)8-7(5)13-8/h5-8,10H,2-4H2,1H3. The molecule has 2 rings (SSSR count). The summed E-state index contributed by atoms with van der Waals surface area (Å²) in [5.41, 5.74) is 0. The van der Waals surface area contributed by atoms with Crippen LogP contribution in [0.15, 0.2) is 0 Å². The lowest BCUT2D eigenvalue weighted by molar-refractivity contribution is -0.149. The van der Waals surface area contributed by atoms with Gasteiger partial charge in [-0.25, -0.2) is 0 Å². The highest BCUT2D eigenvalue weighted by molar-refractivity contribution is 5.74. The summed E-state index contributed by atoms with van der Waals surface area (Å²) in [4.78, 5) is 11.4. The lowest BCUT2D eigenvalue weighted by Gasteiger charge is -2.19. The van der Waals surface area contributed by atoms with Crippen molar-refractivity contribution in [1.29, 1.82) is 0 Å². The van der Waals surface area contributed by atoms with E-state index in [1.165, 1.54) is 0 Å². The monoisotopic (exact) mass is 186 g/mol. The van der Waals surface area contributed by atoms with Crippen LogP contribution in [0.3, 0.4) is 0 Å². The number of rotatable bonds is 2. The van der Waals surface area contributed by atoms with Crippen LogP contribution in [0.1, 0.15) is 19.8 Å². The van der Waals surface area contributed by atoms with Crippen LogP contribution in [0.2, 0.25) is 0 Å². The van der Waals surface area contributed by atoms with Gasteiger partial charge in [-0.15, -0.1) is 0 Å². The third kappa shape index (κ3) is 1.56. The zero-order valence-electron chi connectivity index (χ0n) is 7.60. The second-order valence-electron chi connectivity index (χ2n) is 3.57. The van der Waals surface area contributed by atoms with Gasteiger partial charge in [0.2, 0.25) is 0 Å². The maximum atomic E-state index is 11.4. The van der Waals surface area contributed by atoms with E-state index in [9.17, 15) is 9.90 Å². The first-order chi connectivity index (χ1) is 6.24. The topological polar surface area (TPSA) is 59.1 Å². The summed E-state index contributed by atoms with van der Waals surface area (Å²) < 4.78 is 10.1. The van der Waals surface area contributed by atoms with Gasteiger partial charge in [0, 0.05) is 0 Å². The summed E-state index contributed by atoms with van der Waals surface area (Å²) in [5, 5.41) is 9.37. The van der Waals surface area contributed by atoms with Crippen LogP contribution in [0.25, 0.3) is 0 Å². The van der Waals surface area contributed by atoms with Crippen molar-refractivity contribution < 1.29 is 19.4 Å². The molecule has 2 aliphatic rings. The van der Waals surface area contributed by atoms with E-state index in [0.29, 0.717) is 19.4 Å². The molecule has 0 amide bonds. The van der Waals surface area contributed by atoms with E-state index < -0.39 is 0 Å². The molecule has 2 fully saturated rings. The fourth-order valence-electron chi connectivity index (χ4n) is 1.95. The first kappa shape index (κ1) is 8.97. The molecule has 0 aromatic rings. The number of hydrogen-bond acceptors (Lipinski definition) is 4. The predicted molar refractivity (Wildman–Crippen MR) is 44.0 cm³/mol. The molecule has 1 aliphatic carbocycles. The molecule has 0 aromatic carbocycles. The predicted octanol–water partition coefficient (Wildman–Crippen LogP) is 0.0878. The normalized spacial score (nSPS) is 42.3. The molecule has 4 atom stereocenters. The number of fused-ring (bicyclic) bond motifs is 1. The van der Waals surface area contributed by atoms with Crippen LogP contribution >= 0.6 is 0 Å². The molecule has 1 saturated heterocycles. The Morgan fingerprint density at radius 3 is 3.00 bits per heavy atom. The summed E-state index contributed by atoms with van der Waals surface area (Å²) in [6.07, 6.45) is 0.757. The van der Waals surface area contributed by atoms with Crippen LogP contribution in [0.4, 0.5) is 0 Å². The van der Waals surface area contributed by atoms with Crippen molar-refractivity contribution in [2.75, 3.05) is 6.61 Å². The molecule has 1 N–H and O–H groups in total. The van der Waals surface area contributed by atoms with Crippen LogP contribution in [0, 0.1) is 5.92 Å². The summed E-state index contributed by atoms with van der Waals surface area (Å²) >= 11 is 0. The third-order valence-corrected chi connectivity index (χ3v) is 2.70. The molecule has 74 valence electrons. The zero-order chi connectivity index (χ0) is 9.42. The van der Waals surface area contributed by atoms with Gasteiger partial charge >= 0.3 is 5.97 Å². The quantitative estimate of drug-likeness (QED) is 0.490. The fourth-order valence-corrected chi connectivity index (χ4v) is 1.95. The molecule has 0 spiro atoms. The molecular weight excluding hydrogens is 172 g/mol. The van der Waals surface area contributed by atoms with Gasteiger partial charge in [-0.05, 0) is 19.8 Å². The van der Waals surface area contributed by atoms with Crippen molar-refractivity contribution >= 4 is 5.97 Å². The molecule has 4 unspecified atom stereocenters. The van der Waals surface area contributed by atoms with Gasteiger partial charge in [-0.1, -0.05) is 0 Å². The second-order valence-corrected chi connectivity index (χ2v) is 3.57. The number of aliphatic hydroxyl groups is 1. The molecule has 0 aromatic heterocycles. The van der Waals surface area contributed by atoms with Crippen molar-refractivity contribution in [2.45, 2.75) is 38.1 Å². The summed E-state index contributed by atoms with van der Waals surface area (Å²) in [6.45, 7) is 2.20. The van der Waals surface area contributed by atoms with Gasteiger partial charge in [0.1, 0.15) is 12.2 Å². The Bertz CT molecular complexity index is 216. The number of carbonyl (C=O) groups excluding carboxylic acids is 1. The van der Waals surface area contributed by atoms with Gasteiger partial charge in [-0.2, -0.15) is 0 Å². The molecule has 1 aliphatic heterocycles. The van der Waals surface area contributed by atoms with Crippen molar-refractivity contribution in [2.24, 2.45) is 5.92 Å². The zero-order valence-corrected chi connectivity index (χ0v) is 7.60. The van der Waals surface area contributed by atoms with Crippen molar-refractivity contribution in [3.05, 3.63) is 0 Å². The van der Waals surface area contributed by atoms with Gasteiger partial charge < -0.3 is 14.6 Å². The Balaban J connectivity index is 1.92. The number of esters is 1. The first-order valence-corrected chi connectivity index (χ1v) is 4.74. The smallest absolute Gasteiger partial charge is 0.311 e. The van der Waals surface area contributed by atoms with E-state index in [4.69, 9.17) is 9.47 Å². The minimum Gasteiger partial charge on any atom is -0.466 e. The Labute approximate surface area is 76.8 Å². The SMILES string of the molecule is CCOC(=O)C1CCC(O)C2OC12. The minimum atomic E-state index is -0.379. The number of carbonyl (C=O) groups is 1. The Morgan fingerprint density at radius 1 is 1.54 bits per heavy atom. The fraction of sp³-hybridized carbons (Fsp3) is 0.889. The number of hydrogen-bond donors (Lipinski definition) is 1. The maximum absolute atomic E-state index is 11.4. The average molecular weight is 186 g/mol. The van der Waals surface area contributed by atoms with E-state index in [-0.39, 0.29) is 30.2 Å². The third-order valence-electron chi connectivity index (χ3n) is 2.70. The average Bonchev–Trinajstić information content (AvgIpc) is 2.85. The molecule has 1 saturated carbocycles. The molecule has 4 heteroatoms. The van der Waals surface area contributed by atoms with E-state index in [2.05, 4.69) is 0 Å². The molecule has 0 bridgehead atoms. The van der Waals surface area contributed by atoms with Crippen LogP contribution in [0.5, 0.6) is 0 Å². The highest BCUT2D eigenvalue weighted by Gasteiger charge is 2.55. The van der Waals surface area contributed by atoms with Crippen molar-refractivity contribution in [1.82, 2.24) is 0 Å². The van der Waals surface area contributed by atoms with Crippen LogP contribution < -0.4 is 0 Å². The van der Waals surface area contributed by atoms with Crippen molar-refractivity contribution in [3.63, 3.8) is 0 Å². The molecule has 4 nitrogen and oxygen atoms in total. The lowest BCUT2D eigenvalue weighted by atomic mass is 9.87. The molecule has 0 radical (unpaired) electrons. The van der Waals surface area contributed by atoms with E-state index >= 15 is 0 Å². The largest absolute Gasteiger partial charge is 0.466 e. The Morgan fingerprint density at radius 2 is 2.31 bits per heavy atom. The number of ether oxygens (including phenoxy) is 2. The van der Waals surface area contributed by atoms with E-state index in [1.807, 2.05) is 0 Å². The van der Waals surface area contributed by atoms with Crippen LogP contribution in [-0.4, -0.2) is 36.0 Å². The van der Waals surface area contributed by atoms with Gasteiger partial charge in [-0.3, -0.25) is 4.79 Å². The van der Waals surface area contributed by atoms with Crippen molar-refractivity contribution in [3.8, 4) is 0 Å². The highest BCUT2D eigenvalue weighted by atomic mass is 16.6. The van der Waals surface area contributed by atoms with E-state index in [0.717, 1.165) is 0 Å². The molecule has 13 heavy (non-hydrogen) atoms. The number of aliphatic hydroxyl groups excluding tert-OH is 1.